The summed E-state index contributed by atoms with van der Waals surface area (Å²) in [5.41, 5.74) is -1.07. The molecule has 1 saturated heterocycles. The van der Waals surface area contributed by atoms with Crippen molar-refractivity contribution in [3.8, 4) is 0 Å². The van der Waals surface area contributed by atoms with Crippen LogP contribution in [0.5, 0.6) is 0 Å². The van der Waals surface area contributed by atoms with Crippen molar-refractivity contribution in [1.29, 1.82) is 0 Å². The minimum Gasteiger partial charge on any atom is -0.277 e. The van der Waals surface area contributed by atoms with Crippen molar-refractivity contribution in [1.82, 2.24) is 10.6 Å². The Hall–Kier alpha value is -1.39. The highest BCUT2D eigenvalue weighted by Crippen LogP contribution is 2.32. The maximum Gasteiger partial charge on any atom is 0.328 e. The van der Waals surface area contributed by atoms with Gasteiger partial charge < -0.3 is 0 Å². The fourth-order valence-electron chi connectivity index (χ4n) is 2.69. The van der Waals surface area contributed by atoms with E-state index in [-0.39, 0.29) is 0 Å². The molecule has 5 nitrogen and oxygen atoms in total. The Morgan fingerprint density at radius 1 is 1.05 bits per heavy atom. The zero-order valence-electron chi connectivity index (χ0n) is 12.0. The Morgan fingerprint density at radius 3 is 2.11 bits per heavy atom. The van der Waals surface area contributed by atoms with Crippen molar-refractivity contribution in [3.63, 3.8) is 0 Å². The zero-order chi connectivity index (χ0) is 14.5. The van der Waals surface area contributed by atoms with Gasteiger partial charge in [0.15, 0.2) is 0 Å². The van der Waals surface area contributed by atoms with Gasteiger partial charge in [-0.3, -0.25) is 20.2 Å². The van der Waals surface area contributed by atoms with Crippen LogP contribution in [0.15, 0.2) is 0 Å². The number of hydrogen-bond donors (Lipinski definition) is 2. The number of carbonyl (C=O) groups is 3. The van der Waals surface area contributed by atoms with Gasteiger partial charge in [0.1, 0.15) is 5.41 Å². The molecule has 1 aliphatic heterocycles. The first-order valence-corrected chi connectivity index (χ1v) is 7.13. The minimum absolute atomic E-state index is 0.417. The third-order valence-corrected chi connectivity index (χ3v) is 4.01. The van der Waals surface area contributed by atoms with E-state index in [1.165, 1.54) is 0 Å². The van der Waals surface area contributed by atoms with Gasteiger partial charge in [-0.2, -0.15) is 0 Å². The van der Waals surface area contributed by atoms with Gasteiger partial charge in [-0.25, -0.2) is 4.79 Å². The van der Waals surface area contributed by atoms with E-state index in [2.05, 4.69) is 24.5 Å². The third kappa shape index (κ3) is 3.55. The van der Waals surface area contributed by atoms with Crippen LogP contribution < -0.4 is 10.6 Å². The first-order chi connectivity index (χ1) is 8.96. The van der Waals surface area contributed by atoms with Gasteiger partial charge in [-0.1, -0.05) is 46.5 Å². The molecule has 19 heavy (non-hydrogen) atoms. The number of imide groups is 2. The van der Waals surface area contributed by atoms with Gasteiger partial charge in [0, 0.05) is 0 Å². The van der Waals surface area contributed by atoms with E-state index in [0.29, 0.717) is 18.8 Å². The molecule has 1 atom stereocenters. The van der Waals surface area contributed by atoms with E-state index in [1.807, 2.05) is 6.92 Å². The summed E-state index contributed by atoms with van der Waals surface area (Å²) in [6, 6.07) is -0.710. The maximum atomic E-state index is 12.0. The molecular formula is C14H24N2O3. The van der Waals surface area contributed by atoms with Crippen LogP contribution in [-0.2, 0) is 9.59 Å². The van der Waals surface area contributed by atoms with Crippen LogP contribution in [-0.4, -0.2) is 17.8 Å². The Bertz CT molecular complexity index is 346. The lowest BCUT2D eigenvalue weighted by Gasteiger charge is -2.33. The molecule has 0 aromatic heterocycles. The molecule has 1 aliphatic rings. The largest absolute Gasteiger partial charge is 0.328 e. The number of nitrogens with one attached hydrogen (secondary N) is 2. The number of amides is 4. The van der Waals surface area contributed by atoms with Crippen LogP contribution >= 0.6 is 0 Å². The molecule has 4 amide bonds. The maximum absolute atomic E-state index is 12.0. The average molecular weight is 268 g/mol. The molecule has 108 valence electrons. The lowest BCUT2D eigenvalue weighted by Crippen LogP contribution is -2.62. The smallest absolute Gasteiger partial charge is 0.277 e. The normalized spacial score (nSPS) is 19.8. The summed E-state index contributed by atoms with van der Waals surface area (Å²) in [5, 5.41) is 4.41. The monoisotopic (exact) mass is 268 g/mol. The number of carbonyl (C=O) groups excluding carboxylic acids is 3. The summed E-state index contributed by atoms with van der Waals surface area (Å²) in [6.45, 7) is 6.15. The fourth-order valence-corrected chi connectivity index (χ4v) is 2.69. The van der Waals surface area contributed by atoms with Crippen molar-refractivity contribution in [2.45, 2.75) is 59.3 Å². The van der Waals surface area contributed by atoms with E-state index >= 15 is 0 Å². The highest BCUT2D eigenvalue weighted by Gasteiger charge is 2.48. The highest BCUT2D eigenvalue weighted by molar-refractivity contribution is 6.19. The zero-order valence-corrected chi connectivity index (χ0v) is 12.0. The summed E-state index contributed by atoms with van der Waals surface area (Å²) in [5.74, 6) is -0.297. The summed E-state index contributed by atoms with van der Waals surface area (Å²) in [6.07, 6.45) is 5.06. The van der Waals surface area contributed by atoms with Crippen LogP contribution in [0.1, 0.15) is 59.3 Å². The van der Waals surface area contributed by atoms with Crippen LogP contribution in [0.3, 0.4) is 0 Å². The molecule has 0 bridgehead atoms. The van der Waals surface area contributed by atoms with Crippen LogP contribution in [0, 0.1) is 11.3 Å². The summed E-state index contributed by atoms with van der Waals surface area (Å²) >= 11 is 0. The van der Waals surface area contributed by atoms with Crippen molar-refractivity contribution >= 4 is 17.8 Å². The molecule has 0 saturated carbocycles. The molecule has 0 aromatic carbocycles. The molecule has 2 N–H and O–H groups in total. The van der Waals surface area contributed by atoms with E-state index in [0.717, 1.165) is 25.7 Å². The Labute approximate surface area is 114 Å². The predicted octanol–water partition coefficient (Wildman–Crippen LogP) is 2.36. The molecule has 1 unspecified atom stereocenters. The molecule has 0 radical (unpaired) electrons. The molecule has 5 heteroatoms. The number of rotatable bonds is 7. The SMILES string of the molecule is CCCC(C)CCCC1(CC)C(=O)NC(=O)NC1=O. The first-order valence-electron chi connectivity index (χ1n) is 7.13. The van der Waals surface area contributed by atoms with Crippen molar-refractivity contribution in [2.75, 3.05) is 0 Å². The quantitative estimate of drug-likeness (QED) is 0.696. The van der Waals surface area contributed by atoms with Crippen LogP contribution in [0.2, 0.25) is 0 Å². The van der Waals surface area contributed by atoms with Crippen molar-refractivity contribution < 1.29 is 14.4 Å². The predicted molar refractivity (Wildman–Crippen MR) is 72.3 cm³/mol. The lowest BCUT2D eigenvalue weighted by molar-refractivity contribution is -0.145. The summed E-state index contributed by atoms with van der Waals surface area (Å²) in [4.78, 5) is 35.0. The highest BCUT2D eigenvalue weighted by atomic mass is 16.2. The molecule has 0 aromatic rings. The Balaban J connectivity index is 2.62. The van der Waals surface area contributed by atoms with Gasteiger partial charge in [-0.15, -0.1) is 0 Å². The van der Waals surface area contributed by atoms with Gasteiger partial charge in [-0.05, 0) is 18.8 Å². The van der Waals surface area contributed by atoms with Crippen molar-refractivity contribution in [2.24, 2.45) is 11.3 Å². The van der Waals surface area contributed by atoms with Gasteiger partial charge in [0.2, 0.25) is 11.8 Å². The lowest BCUT2D eigenvalue weighted by atomic mass is 9.76. The van der Waals surface area contributed by atoms with E-state index in [4.69, 9.17) is 0 Å². The Kier molecular flexibility index (Phi) is 5.51. The van der Waals surface area contributed by atoms with Gasteiger partial charge in [0.05, 0.1) is 0 Å². The topological polar surface area (TPSA) is 75.3 Å². The summed E-state index contributed by atoms with van der Waals surface area (Å²) < 4.78 is 0. The second-order valence-corrected chi connectivity index (χ2v) is 5.46. The fraction of sp³-hybridized carbons (Fsp3) is 0.786. The molecule has 0 aliphatic carbocycles. The number of barbiturate groups is 1. The van der Waals surface area contributed by atoms with Crippen LogP contribution in [0.4, 0.5) is 4.79 Å². The van der Waals surface area contributed by atoms with E-state index in [1.54, 1.807) is 0 Å². The van der Waals surface area contributed by atoms with Gasteiger partial charge in [0.25, 0.3) is 0 Å². The molecule has 1 fully saturated rings. The van der Waals surface area contributed by atoms with E-state index < -0.39 is 23.3 Å². The number of urea groups is 1. The van der Waals surface area contributed by atoms with Gasteiger partial charge >= 0.3 is 6.03 Å². The first kappa shape index (κ1) is 15.7. The minimum atomic E-state index is -1.07. The standard InChI is InChI=1S/C14H24N2O3/c1-4-7-10(3)8-6-9-14(5-2)11(17)15-13(19)16-12(14)18/h10H,4-9H2,1-3H3,(H2,15,16,17,18,19). The Morgan fingerprint density at radius 2 is 1.63 bits per heavy atom. The summed E-state index contributed by atoms with van der Waals surface area (Å²) in [7, 11) is 0. The molecule has 1 rings (SSSR count). The molecule has 1 heterocycles. The second-order valence-electron chi connectivity index (χ2n) is 5.46. The van der Waals surface area contributed by atoms with Crippen LogP contribution in [0.25, 0.3) is 0 Å². The average Bonchev–Trinajstić information content (AvgIpc) is 2.33. The van der Waals surface area contributed by atoms with E-state index in [9.17, 15) is 14.4 Å². The third-order valence-electron chi connectivity index (χ3n) is 4.01. The van der Waals surface area contributed by atoms with Crippen molar-refractivity contribution in [3.05, 3.63) is 0 Å². The number of hydrogen-bond acceptors (Lipinski definition) is 3. The molecular weight excluding hydrogens is 244 g/mol. The molecule has 0 spiro atoms. The second kappa shape index (κ2) is 6.68.